The van der Waals surface area contributed by atoms with Crippen molar-refractivity contribution in [3.63, 3.8) is 0 Å². The molecule has 1 unspecified atom stereocenters. The van der Waals surface area contributed by atoms with Gasteiger partial charge in [0, 0.05) is 13.1 Å². The fraction of sp³-hybridized carbons (Fsp3) is 0.429. The van der Waals surface area contributed by atoms with E-state index in [1.165, 1.54) is 13.2 Å². The highest BCUT2D eigenvalue weighted by Crippen LogP contribution is 2.18. The SMILES string of the molecule is COC(=O)NC1CCN(C(=O)c2cccc(C)c2F)C1. The molecule has 108 valence electrons. The molecule has 1 aliphatic rings. The van der Waals surface area contributed by atoms with E-state index in [0.717, 1.165) is 0 Å². The van der Waals surface area contributed by atoms with Crippen molar-refractivity contribution in [3.8, 4) is 0 Å². The lowest BCUT2D eigenvalue weighted by atomic mass is 10.1. The highest BCUT2D eigenvalue weighted by atomic mass is 19.1. The zero-order valence-corrected chi connectivity index (χ0v) is 11.5. The summed E-state index contributed by atoms with van der Waals surface area (Å²) in [6.07, 6.45) is 0.111. The van der Waals surface area contributed by atoms with Gasteiger partial charge in [-0.1, -0.05) is 12.1 Å². The number of aryl methyl sites for hydroxylation is 1. The average Bonchev–Trinajstić information content (AvgIpc) is 2.89. The fourth-order valence-electron chi connectivity index (χ4n) is 2.27. The number of hydrogen-bond donors (Lipinski definition) is 1. The van der Waals surface area contributed by atoms with E-state index in [0.29, 0.717) is 25.1 Å². The number of hydrogen-bond acceptors (Lipinski definition) is 3. The van der Waals surface area contributed by atoms with Gasteiger partial charge in [0.1, 0.15) is 5.82 Å². The topological polar surface area (TPSA) is 58.6 Å². The van der Waals surface area contributed by atoms with E-state index >= 15 is 0 Å². The van der Waals surface area contributed by atoms with Crippen molar-refractivity contribution in [3.05, 3.63) is 35.1 Å². The van der Waals surface area contributed by atoms with Gasteiger partial charge in [0.05, 0.1) is 18.7 Å². The van der Waals surface area contributed by atoms with Gasteiger partial charge in [-0.25, -0.2) is 9.18 Å². The minimum Gasteiger partial charge on any atom is -0.453 e. The molecule has 0 bridgehead atoms. The third-order valence-corrected chi connectivity index (χ3v) is 3.41. The number of rotatable bonds is 2. The van der Waals surface area contributed by atoms with Gasteiger partial charge in [0.2, 0.25) is 0 Å². The molecule has 1 aliphatic heterocycles. The van der Waals surface area contributed by atoms with Crippen LogP contribution in [0.15, 0.2) is 18.2 Å². The summed E-state index contributed by atoms with van der Waals surface area (Å²) in [5.41, 5.74) is 0.517. The molecule has 0 radical (unpaired) electrons. The number of halogens is 1. The van der Waals surface area contributed by atoms with Gasteiger partial charge in [0.25, 0.3) is 5.91 Å². The number of nitrogens with zero attached hydrogens (tertiary/aromatic N) is 1. The van der Waals surface area contributed by atoms with Crippen LogP contribution in [0.4, 0.5) is 9.18 Å². The van der Waals surface area contributed by atoms with Crippen molar-refractivity contribution < 1.29 is 18.7 Å². The van der Waals surface area contributed by atoms with Gasteiger partial charge in [-0.3, -0.25) is 4.79 Å². The van der Waals surface area contributed by atoms with Crippen molar-refractivity contribution in [1.29, 1.82) is 0 Å². The number of alkyl carbamates (subject to hydrolysis) is 1. The first-order valence-corrected chi connectivity index (χ1v) is 6.41. The van der Waals surface area contributed by atoms with Gasteiger partial charge >= 0.3 is 6.09 Å². The van der Waals surface area contributed by atoms with Crippen LogP contribution in [-0.4, -0.2) is 43.1 Å². The second-order valence-corrected chi connectivity index (χ2v) is 4.81. The normalized spacial score (nSPS) is 17.9. The van der Waals surface area contributed by atoms with Crippen LogP contribution in [0.2, 0.25) is 0 Å². The second kappa shape index (κ2) is 5.90. The Morgan fingerprint density at radius 2 is 2.20 bits per heavy atom. The molecule has 0 saturated carbocycles. The summed E-state index contributed by atoms with van der Waals surface area (Å²) in [6.45, 7) is 2.47. The first-order valence-electron chi connectivity index (χ1n) is 6.41. The number of benzene rings is 1. The van der Waals surface area contributed by atoms with Crippen LogP contribution in [0.5, 0.6) is 0 Å². The van der Waals surface area contributed by atoms with Gasteiger partial charge in [-0.05, 0) is 25.0 Å². The smallest absolute Gasteiger partial charge is 0.407 e. The molecule has 0 aromatic heterocycles. The maximum absolute atomic E-state index is 13.9. The second-order valence-electron chi connectivity index (χ2n) is 4.81. The molecular weight excluding hydrogens is 263 g/mol. The van der Waals surface area contributed by atoms with Crippen LogP contribution in [0.25, 0.3) is 0 Å². The first-order chi connectivity index (χ1) is 9.52. The number of nitrogens with one attached hydrogen (secondary N) is 1. The minimum absolute atomic E-state index is 0.0729. The maximum atomic E-state index is 13.9. The molecule has 5 nitrogen and oxygen atoms in total. The average molecular weight is 280 g/mol. The summed E-state index contributed by atoms with van der Waals surface area (Å²) >= 11 is 0. The molecule has 2 amide bonds. The van der Waals surface area contributed by atoms with Crippen molar-refractivity contribution in [2.75, 3.05) is 20.2 Å². The van der Waals surface area contributed by atoms with E-state index in [1.807, 2.05) is 0 Å². The Bertz CT molecular complexity index is 533. The van der Waals surface area contributed by atoms with Crippen LogP contribution in [0.1, 0.15) is 22.3 Å². The zero-order chi connectivity index (χ0) is 14.7. The summed E-state index contributed by atoms with van der Waals surface area (Å²) in [5, 5.41) is 2.64. The molecule has 6 heteroatoms. The van der Waals surface area contributed by atoms with Gasteiger partial charge in [0.15, 0.2) is 0 Å². The fourth-order valence-corrected chi connectivity index (χ4v) is 2.27. The van der Waals surface area contributed by atoms with Crippen molar-refractivity contribution >= 4 is 12.0 Å². The standard InChI is InChI=1S/C14H17FN2O3/c1-9-4-3-5-11(12(9)15)13(18)17-7-6-10(8-17)16-14(19)20-2/h3-5,10H,6-8H2,1-2H3,(H,16,19). The molecule has 1 aromatic rings. The van der Waals surface area contributed by atoms with Crippen LogP contribution >= 0.6 is 0 Å². The number of carbonyl (C=O) groups is 2. The Labute approximate surface area is 116 Å². The molecule has 1 atom stereocenters. The summed E-state index contributed by atoms with van der Waals surface area (Å²) in [7, 11) is 1.29. The first kappa shape index (κ1) is 14.3. The van der Waals surface area contributed by atoms with Crippen LogP contribution in [-0.2, 0) is 4.74 Å². The summed E-state index contributed by atoms with van der Waals surface area (Å²) < 4.78 is 18.4. The van der Waals surface area contributed by atoms with Gasteiger partial charge < -0.3 is 15.0 Å². The summed E-state index contributed by atoms with van der Waals surface area (Å²) in [6, 6.07) is 4.61. The Morgan fingerprint density at radius 3 is 2.90 bits per heavy atom. The van der Waals surface area contributed by atoms with Crippen molar-refractivity contribution in [2.45, 2.75) is 19.4 Å². The Morgan fingerprint density at radius 1 is 1.45 bits per heavy atom. The third-order valence-electron chi connectivity index (χ3n) is 3.41. The molecule has 0 spiro atoms. The minimum atomic E-state index is -0.522. The van der Waals surface area contributed by atoms with E-state index in [4.69, 9.17) is 0 Å². The molecule has 1 aromatic carbocycles. The predicted molar refractivity (Wildman–Crippen MR) is 71.0 cm³/mol. The monoisotopic (exact) mass is 280 g/mol. The molecular formula is C14H17FN2O3. The molecule has 1 heterocycles. The molecule has 1 saturated heterocycles. The van der Waals surface area contributed by atoms with Crippen LogP contribution < -0.4 is 5.32 Å². The lowest BCUT2D eigenvalue weighted by molar-refractivity contribution is 0.0783. The predicted octanol–water partition coefficient (Wildman–Crippen LogP) is 1.70. The van der Waals surface area contributed by atoms with E-state index in [9.17, 15) is 14.0 Å². The third kappa shape index (κ3) is 2.89. The van der Waals surface area contributed by atoms with E-state index in [1.54, 1.807) is 24.0 Å². The summed E-state index contributed by atoms with van der Waals surface area (Å²) in [5.74, 6) is -0.831. The molecule has 20 heavy (non-hydrogen) atoms. The quantitative estimate of drug-likeness (QED) is 0.897. The highest BCUT2D eigenvalue weighted by molar-refractivity contribution is 5.95. The van der Waals surface area contributed by atoms with Crippen molar-refractivity contribution in [1.82, 2.24) is 10.2 Å². The van der Waals surface area contributed by atoms with Crippen molar-refractivity contribution in [2.24, 2.45) is 0 Å². The number of likely N-dealkylation sites (tertiary alicyclic amines) is 1. The van der Waals surface area contributed by atoms with E-state index in [2.05, 4.69) is 10.1 Å². The Balaban J connectivity index is 2.04. The van der Waals surface area contributed by atoms with Gasteiger partial charge in [-0.2, -0.15) is 0 Å². The number of ether oxygens (including phenoxy) is 1. The Hall–Kier alpha value is -2.11. The number of amides is 2. The zero-order valence-electron chi connectivity index (χ0n) is 11.5. The Kier molecular flexibility index (Phi) is 4.22. The summed E-state index contributed by atoms with van der Waals surface area (Å²) in [4.78, 5) is 24.9. The lowest BCUT2D eigenvalue weighted by Crippen LogP contribution is -2.38. The molecule has 1 fully saturated rings. The van der Waals surface area contributed by atoms with Gasteiger partial charge in [-0.15, -0.1) is 0 Å². The molecule has 2 rings (SSSR count). The molecule has 1 N–H and O–H groups in total. The largest absolute Gasteiger partial charge is 0.453 e. The molecule has 0 aliphatic carbocycles. The maximum Gasteiger partial charge on any atom is 0.407 e. The number of methoxy groups -OCH3 is 1. The van der Waals surface area contributed by atoms with E-state index < -0.39 is 11.9 Å². The lowest BCUT2D eigenvalue weighted by Gasteiger charge is -2.17. The van der Waals surface area contributed by atoms with Crippen LogP contribution in [0.3, 0.4) is 0 Å². The highest BCUT2D eigenvalue weighted by Gasteiger charge is 2.29. The van der Waals surface area contributed by atoms with Crippen LogP contribution in [0, 0.1) is 12.7 Å². The van der Waals surface area contributed by atoms with E-state index in [-0.39, 0.29) is 17.5 Å². The number of carbonyl (C=O) groups excluding carboxylic acids is 2.